The van der Waals surface area contributed by atoms with E-state index in [-0.39, 0.29) is 29.8 Å². The van der Waals surface area contributed by atoms with Gasteiger partial charge in [0.1, 0.15) is 5.82 Å². The highest BCUT2D eigenvalue weighted by molar-refractivity contribution is 7.89. The van der Waals surface area contributed by atoms with Crippen LogP contribution in [0, 0.1) is 5.82 Å². The van der Waals surface area contributed by atoms with Crippen molar-refractivity contribution in [1.82, 2.24) is 4.31 Å². The average Bonchev–Trinajstić information content (AvgIpc) is 3.08. The molecule has 0 heterocycles. The van der Waals surface area contributed by atoms with Crippen LogP contribution in [0.5, 0.6) is 0 Å². The molecule has 1 saturated carbocycles. The molecule has 0 bridgehead atoms. The normalized spacial score (nSPS) is 16.2. The largest absolute Gasteiger partial charge is 0.399 e. The maximum atomic E-state index is 13.2. The van der Waals surface area contributed by atoms with Crippen molar-refractivity contribution in [2.75, 3.05) is 18.9 Å². The topological polar surface area (TPSA) is 83.6 Å². The molecule has 0 saturated heterocycles. The molecule has 0 aliphatic heterocycles. The Hall–Kier alpha value is -1.18. The van der Waals surface area contributed by atoms with Crippen molar-refractivity contribution in [2.45, 2.75) is 23.8 Å². The Bertz CT molecular complexity index is 523. The van der Waals surface area contributed by atoms with Gasteiger partial charge in [-0.3, -0.25) is 0 Å². The summed E-state index contributed by atoms with van der Waals surface area (Å²) in [6.45, 7) is -0.246. The minimum atomic E-state index is -3.79. The Morgan fingerprint density at radius 1 is 1.39 bits per heavy atom. The Labute approximate surface area is 105 Å². The van der Waals surface area contributed by atoms with E-state index in [1.54, 1.807) is 0 Å². The van der Waals surface area contributed by atoms with Crippen LogP contribution in [0.25, 0.3) is 0 Å². The fourth-order valence-electron chi connectivity index (χ4n) is 1.83. The fourth-order valence-corrected chi connectivity index (χ4v) is 3.57. The number of hydrogen-bond acceptors (Lipinski definition) is 4. The van der Waals surface area contributed by atoms with Crippen LogP contribution >= 0.6 is 0 Å². The molecular weight excluding hydrogens is 259 g/mol. The second kappa shape index (κ2) is 4.83. The van der Waals surface area contributed by atoms with Crippen LogP contribution < -0.4 is 5.73 Å². The number of aliphatic hydroxyl groups excluding tert-OH is 1. The van der Waals surface area contributed by atoms with E-state index in [9.17, 15) is 12.8 Å². The van der Waals surface area contributed by atoms with E-state index in [1.165, 1.54) is 10.4 Å². The van der Waals surface area contributed by atoms with Crippen molar-refractivity contribution in [1.29, 1.82) is 0 Å². The molecule has 3 N–H and O–H groups in total. The van der Waals surface area contributed by atoms with Crippen LogP contribution in [0.2, 0.25) is 0 Å². The summed E-state index contributed by atoms with van der Waals surface area (Å²) in [6.07, 6.45) is 1.54. The third-order valence-electron chi connectivity index (χ3n) is 2.77. The van der Waals surface area contributed by atoms with Crippen LogP contribution in [0.3, 0.4) is 0 Å². The number of nitrogens with zero attached hydrogens (tertiary/aromatic N) is 1. The van der Waals surface area contributed by atoms with Gasteiger partial charge in [-0.2, -0.15) is 4.31 Å². The number of aliphatic hydroxyl groups is 1. The smallest absolute Gasteiger partial charge is 0.243 e. The Kier molecular flexibility index (Phi) is 3.56. The lowest BCUT2D eigenvalue weighted by Gasteiger charge is -2.21. The standard InChI is InChI=1S/C11H15FN2O3S/c12-8-5-9(13)7-11(6-8)18(16,17)14(3-4-15)10-1-2-10/h5-7,10,15H,1-4,13H2. The zero-order valence-electron chi connectivity index (χ0n) is 9.71. The highest BCUT2D eigenvalue weighted by Crippen LogP contribution is 2.32. The van der Waals surface area contributed by atoms with E-state index >= 15 is 0 Å². The van der Waals surface area contributed by atoms with Gasteiger partial charge in [-0.15, -0.1) is 0 Å². The lowest BCUT2D eigenvalue weighted by Crippen LogP contribution is -2.35. The summed E-state index contributed by atoms with van der Waals surface area (Å²) in [5.74, 6) is -0.687. The van der Waals surface area contributed by atoms with Crippen molar-refractivity contribution in [2.24, 2.45) is 0 Å². The maximum Gasteiger partial charge on any atom is 0.243 e. The van der Waals surface area contributed by atoms with Crippen LogP contribution in [0.15, 0.2) is 23.1 Å². The lowest BCUT2D eigenvalue weighted by molar-refractivity contribution is 0.250. The lowest BCUT2D eigenvalue weighted by atomic mass is 10.3. The number of benzene rings is 1. The van der Waals surface area contributed by atoms with E-state index in [0.717, 1.165) is 25.0 Å². The molecule has 0 aromatic heterocycles. The van der Waals surface area contributed by atoms with Crippen molar-refractivity contribution in [3.05, 3.63) is 24.0 Å². The van der Waals surface area contributed by atoms with Gasteiger partial charge >= 0.3 is 0 Å². The van der Waals surface area contributed by atoms with Gasteiger partial charge in [0.15, 0.2) is 0 Å². The van der Waals surface area contributed by atoms with Crippen molar-refractivity contribution in [3.63, 3.8) is 0 Å². The molecule has 18 heavy (non-hydrogen) atoms. The molecule has 0 amide bonds. The first kappa shape index (κ1) is 13.3. The van der Waals surface area contributed by atoms with E-state index in [2.05, 4.69) is 0 Å². The van der Waals surface area contributed by atoms with Gasteiger partial charge in [0.05, 0.1) is 11.5 Å². The zero-order valence-corrected chi connectivity index (χ0v) is 10.5. The molecule has 5 nitrogen and oxygen atoms in total. The monoisotopic (exact) mass is 274 g/mol. The van der Waals surface area contributed by atoms with Gasteiger partial charge in [0.2, 0.25) is 10.0 Å². The van der Waals surface area contributed by atoms with Crippen LogP contribution in [-0.2, 0) is 10.0 Å². The first-order valence-corrected chi connectivity index (χ1v) is 7.08. The summed E-state index contributed by atoms with van der Waals surface area (Å²) >= 11 is 0. The Balaban J connectivity index is 2.39. The van der Waals surface area contributed by atoms with E-state index in [0.29, 0.717) is 0 Å². The Morgan fingerprint density at radius 2 is 2.06 bits per heavy atom. The molecule has 7 heteroatoms. The second-order valence-electron chi connectivity index (χ2n) is 4.29. The first-order valence-electron chi connectivity index (χ1n) is 5.64. The van der Waals surface area contributed by atoms with E-state index in [1.807, 2.05) is 0 Å². The number of nitrogen functional groups attached to an aromatic ring is 1. The summed E-state index contributed by atoms with van der Waals surface area (Å²) < 4.78 is 39.0. The SMILES string of the molecule is Nc1cc(F)cc(S(=O)(=O)N(CCO)C2CC2)c1. The predicted molar refractivity (Wildman–Crippen MR) is 64.8 cm³/mol. The summed E-state index contributed by atoms with van der Waals surface area (Å²) in [7, 11) is -3.79. The molecule has 0 spiro atoms. The van der Waals surface area contributed by atoms with E-state index in [4.69, 9.17) is 10.8 Å². The molecule has 0 radical (unpaired) electrons. The van der Waals surface area contributed by atoms with Gasteiger partial charge in [-0.1, -0.05) is 0 Å². The molecule has 1 aliphatic carbocycles. The third kappa shape index (κ3) is 2.63. The molecule has 0 unspecified atom stereocenters. The molecule has 1 aromatic carbocycles. The van der Waals surface area contributed by atoms with Gasteiger partial charge in [-0.05, 0) is 31.0 Å². The average molecular weight is 274 g/mol. The second-order valence-corrected chi connectivity index (χ2v) is 6.18. The first-order chi connectivity index (χ1) is 8.45. The molecule has 2 rings (SSSR count). The van der Waals surface area contributed by atoms with Crippen molar-refractivity contribution >= 4 is 15.7 Å². The van der Waals surface area contributed by atoms with Crippen LogP contribution in [0.1, 0.15) is 12.8 Å². The van der Waals surface area contributed by atoms with Gasteiger partial charge in [0.25, 0.3) is 0 Å². The summed E-state index contributed by atoms with van der Waals surface area (Å²) in [4.78, 5) is -0.166. The number of hydrogen-bond donors (Lipinski definition) is 2. The Morgan fingerprint density at radius 3 is 2.56 bits per heavy atom. The number of rotatable bonds is 5. The highest BCUT2D eigenvalue weighted by atomic mass is 32.2. The van der Waals surface area contributed by atoms with E-state index < -0.39 is 15.8 Å². The zero-order chi connectivity index (χ0) is 13.3. The summed E-state index contributed by atoms with van der Waals surface area (Å²) in [5, 5.41) is 8.93. The molecular formula is C11H15FN2O3S. The minimum Gasteiger partial charge on any atom is -0.399 e. The predicted octanol–water partition coefficient (Wildman–Crippen LogP) is 0.553. The van der Waals surface area contributed by atoms with Crippen LogP contribution in [-0.4, -0.2) is 37.0 Å². The molecule has 1 aromatic rings. The molecule has 100 valence electrons. The fraction of sp³-hybridized carbons (Fsp3) is 0.455. The van der Waals surface area contributed by atoms with Gasteiger partial charge in [0, 0.05) is 18.3 Å². The maximum absolute atomic E-state index is 13.2. The summed E-state index contributed by atoms with van der Waals surface area (Å²) in [6, 6.07) is 3.14. The quantitative estimate of drug-likeness (QED) is 0.768. The summed E-state index contributed by atoms with van der Waals surface area (Å²) in [5.41, 5.74) is 5.51. The highest BCUT2D eigenvalue weighted by Gasteiger charge is 2.37. The molecule has 1 aliphatic rings. The van der Waals surface area contributed by atoms with Gasteiger partial charge in [-0.25, -0.2) is 12.8 Å². The van der Waals surface area contributed by atoms with Crippen LogP contribution in [0.4, 0.5) is 10.1 Å². The minimum absolute atomic E-state index is 0.0173. The van der Waals surface area contributed by atoms with Gasteiger partial charge < -0.3 is 10.8 Å². The molecule has 0 atom stereocenters. The van der Waals surface area contributed by atoms with Crippen molar-refractivity contribution < 1.29 is 17.9 Å². The number of anilines is 1. The van der Waals surface area contributed by atoms with Crippen molar-refractivity contribution in [3.8, 4) is 0 Å². The number of nitrogens with two attached hydrogens (primary N) is 1. The number of sulfonamides is 1. The number of halogens is 1. The third-order valence-corrected chi connectivity index (χ3v) is 4.70. The molecule has 1 fully saturated rings.